The molecule has 0 aromatic heterocycles. The van der Waals surface area contributed by atoms with E-state index in [0.29, 0.717) is 12.3 Å². The summed E-state index contributed by atoms with van der Waals surface area (Å²) in [5.74, 6) is 0.168. The number of nitrogens with one attached hydrogen (secondary N) is 1. The monoisotopic (exact) mass is 289 g/mol. The van der Waals surface area contributed by atoms with Crippen LogP contribution in [0.25, 0.3) is 0 Å². The van der Waals surface area contributed by atoms with E-state index < -0.39 is 6.36 Å². The molecule has 114 valence electrons. The molecule has 1 unspecified atom stereocenters. The lowest BCUT2D eigenvalue weighted by atomic mass is 9.99. The van der Waals surface area contributed by atoms with Gasteiger partial charge in [0.15, 0.2) is 0 Å². The first kappa shape index (κ1) is 16.8. The minimum atomic E-state index is -4.64. The zero-order valence-electron chi connectivity index (χ0n) is 12.3. The van der Waals surface area contributed by atoms with Crippen LogP contribution in [-0.2, 0) is 6.42 Å². The fraction of sp³-hybridized carbons (Fsp3) is 0.600. The van der Waals surface area contributed by atoms with Gasteiger partial charge in [0.05, 0.1) is 0 Å². The van der Waals surface area contributed by atoms with Gasteiger partial charge in [-0.25, -0.2) is 0 Å². The zero-order valence-corrected chi connectivity index (χ0v) is 12.3. The van der Waals surface area contributed by atoms with E-state index in [-0.39, 0.29) is 11.3 Å². The Morgan fingerprint density at radius 1 is 1.20 bits per heavy atom. The van der Waals surface area contributed by atoms with E-state index in [1.807, 2.05) is 6.07 Å². The highest BCUT2D eigenvalue weighted by molar-refractivity contribution is 5.29. The molecule has 0 spiro atoms. The van der Waals surface area contributed by atoms with Crippen LogP contribution in [0.2, 0.25) is 0 Å². The molecule has 0 aliphatic carbocycles. The summed E-state index contributed by atoms with van der Waals surface area (Å²) in [6.45, 7) is 9.12. The maximum atomic E-state index is 12.2. The van der Waals surface area contributed by atoms with Gasteiger partial charge >= 0.3 is 6.36 Å². The van der Waals surface area contributed by atoms with E-state index in [0.717, 1.165) is 12.1 Å². The lowest BCUT2D eigenvalue weighted by Gasteiger charge is -2.23. The van der Waals surface area contributed by atoms with E-state index in [1.54, 1.807) is 6.07 Å². The van der Waals surface area contributed by atoms with Crippen molar-refractivity contribution >= 4 is 0 Å². The summed E-state index contributed by atoms with van der Waals surface area (Å²) in [5, 5.41) is 3.38. The lowest BCUT2D eigenvalue weighted by molar-refractivity contribution is -0.274. The van der Waals surface area contributed by atoms with E-state index in [4.69, 9.17) is 0 Å². The van der Waals surface area contributed by atoms with Gasteiger partial charge < -0.3 is 10.1 Å². The molecular weight excluding hydrogens is 267 g/mol. The smallest absolute Gasteiger partial charge is 0.406 e. The molecule has 0 radical (unpaired) electrons. The molecule has 0 fully saturated rings. The first-order valence-corrected chi connectivity index (χ1v) is 6.65. The molecule has 0 amide bonds. The maximum absolute atomic E-state index is 12.2. The Hall–Kier alpha value is -1.23. The molecule has 0 saturated heterocycles. The molecule has 0 aliphatic rings. The van der Waals surface area contributed by atoms with Crippen molar-refractivity contribution in [2.45, 2.75) is 46.0 Å². The van der Waals surface area contributed by atoms with Crippen molar-refractivity contribution in [1.29, 1.82) is 0 Å². The van der Waals surface area contributed by atoms with Crippen LogP contribution >= 0.6 is 0 Å². The Bertz CT molecular complexity index is 424. The van der Waals surface area contributed by atoms with Gasteiger partial charge in [0, 0.05) is 5.54 Å². The molecule has 20 heavy (non-hydrogen) atoms. The molecule has 1 N–H and O–H groups in total. The van der Waals surface area contributed by atoms with Crippen molar-refractivity contribution in [2.75, 3.05) is 6.54 Å². The molecule has 2 nitrogen and oxygen atoms in total. The molecule has 1 aromatic rings. The second-order valence-corrected chi connectivity index (χ2v) is 6.14. The molecule has 0 heterocycles. The quantitative estimate of drug-likeness (QED) is 0.879. The standard InChI is InChI=1S/C15H22F3NO/c1-11(10-19-14(2,3)4)8-12-6-5-7-13(9-12)20-15(16,17)18/h5-7,9,11,19H,8,10H2,1-4H3. The summed E-state index contributed by atoms with van der Waals surface area (Å²) in [6, 6.07) is 6.16. The molecule has 0 aliphatic heterocycles. The van der Waals surface area contributed by atoms with Crippen LogP contribution in [-0.4, -0.2) is 18.4 Å². The van der Waals surface area contributed by atoms with Crippen LogP contribution < -0.4 is 10.1 Å². The lowest BCUT2D eigenvalue weighted by Crippen LogP contribution is -2.39. The van der Waals surface area contributed by atoms with Gasteiger partial charge in [0.1, 0.15) is 5.75 Å². The molecule has 1 aromatic carbocycles. The Kier molecular flexibility index (Phi) is 5.45. The number of benzene rings is 1. The summed E-state index contributed by atoms with van der Waals surface area (Å²) < 4.78 is 40.4. The van der Waals surface area contributed by atoms with Crippen molar-refractivity contribution in [3.05, 3.63) is 29.8 Å². The second kappa shape index (κ2) is 6.48. The Morgan fingerprint density at radius 3 is 2.40 bits per heavy atom. The fourth-order valence-electron chi connectivity index (χ4n) is 1.82. The normalized spacial score (nSPS) is 14.2. The average molecular weight is 289 g/mol. The van der Waals surface area contributed by atoms with E-state index >= 15 is 0 Å². The molecule has 5 heteroatoms. The SMILES string of the molecule is CC(CNC(C)(C)C)Cc1cccc(OC(F)(F)F)c1. The van der Waals surface area contributed by atoms with Crippen LogP contribution in [0.5, 0.6) is 5.75 Å². The third-order valence-electron chi connectivity index (χ3n) is 2.70. The van der Waals surface area contributed by atoms with Crippen LogP contribution in [0.4, 0.5) is 13.2 Å². The van der Waals surface area contributed by atoms with Gasteiger partial charge in [-0.1, -0.05) is 19.1 Å². The Balaban J connectivity index is 2.57. The minimum Gasteiger partial charge on any atom is -0.406 e. The maximum Gasteiger partial charge on any atom is 0.573 e. The minimum absolute atomic E-state index is 0.0372. The number of ether oxygens (including phenoxy) is 1. The average Bonchev–Trinajstić information content (AvgIpc) is 2.23. The fourth-order valence-corrected chi connectivity index (χ4v) is 1.82. The van der Waals surface area contributed by atoms with Gasteiger partial charge in [-0.2, -0.15) is 0 Å². The first-order valence-electron chi connectivity index (χ1n) is 6.65. The predicted molar refractivity (Wildman–Crippen MR) is 73.7 cm³/mol. The number of hydrogen-bond donors (Lipinski definition) is 1. The van der Waals surface area contributed by atoms with Gasteiger partial charge in [0.2, 0.25) is 0 Å². The van der Waals surface area contributed by atoms with Gasteiger partial charge in [-0.3, -0.25) is 0 Å². The summed E-state index contributed by atoms with van der Waals surface area (Å²) in [7, 11) is 0. The van der Waals surface area contributed by atoms with Crippen molar-refractivity contribution < 1.29 is 17.9 Å². The molecular formula is C15H22F3NO. The van der Waals surface area contributed by atoms with Crippen LogP contribution in [0.1, 0.15) is 33.3 Å². The highest BCUT2D eigenvalue weighted by atomic mass is 19.4. The summed E-state index contributed by atoms with van der Waals surface area (Å²) in [5.41, 5.74) is 0.880. The van der Waals surface area contributed by atoms with Crippen molar-refractivity contribution in [1.82, 2.24) is 5.32 Å². The zero-order chi connectivity index (χ0) is 15.4. The molecule has 1 rings (SSSR count). The number of halogens is 3. The van der Waals surface area contributed by atoms with Gasteiger partial charge in [-0.15, -0.1) is 13.2 Å². The Morgan fingerprint density at radius 2 is 1.85 bits per heavy atom. The number of hydrogen-bond acceptors (Lipinski definition) is 2. The van der Waals surface area contributed by atoms with Crippen LogP contribution in [0.15, 0.2) is 24.3 Å². The summed E-state index contributed by atoms with van der Waals surface area (Å²) in [6.07, 6.45) is -3.93. The van der Waals surface area contributed by atoms with Crippen LogP contribution in [0, 0.1) is 5.92 Å². The van der Waals surface area contributed by atoms with E-state index in [1.165, 1.54) is 12.1 Å². The van der Waals surface area contributed by atoms with Gasteiger partial charge in [-0.05, 0) is 57.4 Å². The highest BCUT2D eigenvalue weighted by Crippen LogP contribution is 2.24. The molecule has 0 saturated carbocycles. The molecule has 1 atom stereocenters. The van der Waals surface area contributed by atoms with Crippen molar-refractivity contribution in [3.8, 4) is 5.75 Å². The van der Waals surface area contributed by atoms with E-state index in [9.17, 15) is 13.2 Å². The molecule has 0 bridgehead atoms. The van der Waals surface area contributed by atoms with Crippen molar-refractivity contribution in [2.24, 2.45) is 5.92 Å². The Labute approximate surface area is 118 Å². The first-order chi connectivity index (χ1) is 9.05. The van der Waals surface area contributed by atoms with Crippen molar-refractivity contribution in [3.63, 3.8) is 0 Å². The summed E-state index contributed by atoms with van der Waals surface area (Å²) >= 11 is 0. The summed E-state index contributed by atoms with van der Waals surface area (Å²) in [4.78, 5) is 0. The number of rotatable bonds is 5. The third-order valence-corrected chi connectivity index (χ3v) is 2.70. The van der Waals surface area contributed by atoms with Gasteiger partial charge in [0.25, 0.3) is 0 Å². The highest BCUT2D eigenvalue weighted by Gasteiger charge is 2.31. The topological polar surface area (TPSA) is 21.3 Å². The second-order valence-electron chi connectivity index (χ2n) is 6.14. The largest absolute Gasteiger partial charge is 0.573 e. The number of alkyl halides is 3. The third kappa shape index (κ3) is 7.38. The van der Waals surface area contributed by atoms with E-state index in [2.05, 4.69) is 37.7 Å². The van der Waals surface area contributed by atoms with Crippen LogP contribution in [0.3, 0.4) is 0 Å². The predicted octanol–water partition coefficient (Wildman–Crippen LogP) is 4.15.